The van der Waals surface area contributed by atoms with Crippen LogP contribution in [0.4, 0.5) is 4.39 Å². The van der Waals surface area contributed by atoms with E-state index in [0.29, 0.717) is 23.7 Å². The summed E-state index contributed by atoms with van der Waals surface area (Å²) in [7, 11) is 0. The van der Waals surface area contributed by atoms with Crippen molar-refractivity contribution in [3.8, 4) is 22.8 Å². The highest BCUT2D eigenvalue weighted by molar-refractivity contribution is 5.73. The molecule has 2 aromatic carbocycles. The number of aromatic nitrogens is 2. The fourth-order valence-corrected chi connectivity index (χ4v) is 3.37. The summed E-state index contributed by atoms with van der Waals surface area (Å²) in [4.78, 5) is 12.4. The van der Waals surface area contributed by atoms with Gasteiger partial charge < -0.3 is 4.74 Å². The van der Waals surface area contributed by atoms with E-state index >= 15 is 0 Å². The van der Waals surface area contributed by atoms with Crippen LogP contribution in [0.5, 0.6) is 5.88 Å². The van der Waals surface area contributed by atoms with Crippen molar-refractivity contribution in [2.45, 2.75) is 58.3 Å². The summed E-state index contributed by atoms with van der Waals surface area (Å²) >= 11 is 0. The number of hydrogen-bond acceptors (Lipinski definition) is 3. The maximum atomic E-state index is 13.7. The smallest absolute Gasteiger partial charge is 0.312 e. The lowest BCUT2D eigenvalue weighted by Gasteiger charge is -2.08. The molecule has 0 aliphatic rings. The number of benzene rings is 2. The van der Waals surface area contributed by atoms with Crippen molar-refractivity contribution in [3.05, 3.63) is 66.5 Å². The van der Waals surface area contributed by atoms with Gasteiger partial charge in [0.1, 0.15) is 5.82 Å². The maximum absolute atomic E-state index is 13.7. The molecule has 1 aromatic heterocycles. The highest BCUT2D eigenvalue weighted by Crippen LogP contribution is 2.27. The summed E-state index contributed by atoms with van der Waals surface area (Å²) in [5.74, 6) is -0.363. The lowest BCUT2D eigenvalue weighted by Crippen LogP contribution is -2.11. The van der Waals surface area contributed by atoms with E-state index in [1.165, 1.54) is 42.5 Å². The van der Waals surface area contributed by atoms with Gasteiger partial charge in [-0.05, 0) is 24.6 Å². The van der Waals surface area contributed by atoms with E-state index in [1.807, 2.05) is 30.3 Å². The van der Waals surface area contributed by atoms with Crippen LogP contribution in [0, 0.1) is 5.82 Å². The first-order valence-electron chi connectivity index (χ1n) is 10.8. The minimum atomic E-state index is -0.371. The summed E-state index contributed by atoms with van der Waals surface area (Å²) in [5, 5.41) is 4.56. The van der Waals surface area contributed by atoms with Crippen LogP contribution in [0.25, 0.3) is 16.9 Å². The van der Waals surface area contributed by atoms with Crippen LogP contribution in [0.3, 0.4) is 0 Å². The first-order valence-corrected chi connectivity index (χ1v) is 10.8. The van der Waals surface area contributed by atoms with Crippen molar-refractivity contribution in [2.24, 2.45) is 0 Å². The van der Waals surface area contributed by atoms with Crippen LogP contribution >= 0.6 is 0 Å². The molecule has 0 amide bonds. The zero-order valence-corrected chi connectivity index (χ0v) is 17.5. The number of halogens is 1. The molecule has 0 spiro atoms. The standard InChI is InChI=1S/C25H29FN2O2/c1-2-3-4-5-6-7-11-17-25(29)30-24-19-23(20-13-9-8-10-14-20)27-28(24)22-16-12-15-21(26)18-22/h8-10,12-16,18-19H,2-7,11,17H2,1H3. The Morgan fingerprint density at radius 2 is 1.67 bits per heavy atom. The molecule has 30 heavy (non-hydrogen) atoms. The normalized spacial score (nSPS) is 10.9. The third-order valence-electron chi connectivity index (χ3n) is 5.00. The molecule has 1 heterocycles. The molecule has 3 rings (SSSR count). The molecule has 0 bridgehead atoms. The zero-order valence-electron chi connectivity index (χ0n) is 17.5. The van der Waals surface area contributed by atoms with Gasteiger partial charge in [-0.3, -0.25) is 4.79 Å². The van der Waals surface area contributed by atoms with Crippen LogP contribution in [-0.2, 0) is 4.79 Å². The average molecular weight is 409 g/mol. The molecule has 0 radical (unpaired) electrons. The van der Waals surface area contributed by atoms with Gasteiger partial charge in [0.05, 0.1) is 11.4 Å². The highest BCUT2D eigenvalue weighted by atomic mass is 19.1. The number of rotatable bonds is 11. The SMILES string of the molecule is CCCCCCCCCC(=O)Oc1cc(-c2ccccc2)nn1-c1cccc(F)c1. The molecule has 0 aliphatic carbocycles. The van der Waals surface area contributed by atoms with Gasteiger partial charge in [-0.1, -0.05) is 81.8 Å². The molecule has 0 saturated carbocycles. The van der Waals surface area contributed by atoms with E-state index in [9.17, 15) is 9.18 Å². The summed E-state index contributed by atoms with van der Waals surface area (Å²) in [6.07, 6.45) is 8.33. The van der Waals surface area contributed by atoms with E-state index in [4.69, 9.17) is 4.74 Å². The van der Waals surface area contributed by atoms with E-state index in [2.05, 4.69) is 12.0 Å². The fourth-order valence-electron chi connectivity index (χ4n) is 3.37. The molecule has 0 atom stereocenters. The summed E-state index contributed by atoms with van der Waals surface area (Å²) < 4.78 is 20.9. The lowest BCUT2D eigenvalue weighted by atomic mass is 10.1. The van der Waals surface area contributed by atoms with Gasteiger partial charge in [-0.15, -0.1) is 0 Å². The Morgan fingerprint density at radius 1 is 0.933 bits per heavy atom. The van der Waals surface area contributed by atoms with Crippen molar-refractivity contribution >= 4 is 5.97 Å². The number of carbonyl (C=O) groups excluding carboxylic acids is 1. The van der Waals surface area contributed by atoms with Crippen molar-refractivity contribution in [1.82, 2.24) is 9.78 Å². The Bertz CT molecular complexity index is 937. The van der Waals surface area contributed by atoms with Gasteiger partial charge >= 0.3 is 5.97 Å². The van der Waals surface area contributed by atoms with E-state index in [1.54, 1.807) is 18.2 Å². The summed E-state index contributed by atoms with van der Waals surface area (Å²) in [6, 6.07) is 17.4. The Balaban J connectivity index is 1.68. The van der Waals surface area contributed by atoms with Gasteiger partial charge in [0, 0.05) is 18.1 Å². The molecular weight excluding hydrogens is 379 g/mol. The number of carbonyl (C=O) groups is 1. The average Bonchev–Trinajstić information content (AvgIpc) is 3.17. The largest absolute Gasteiger partial charge is 0.407 e. The molecule has 4 nitrogen and oxygen atoms in total. The van der Waals surface area contributed by atoms with Crippen LogP contribution in [0.2, 0.25) is 0 Å². The van der Waals surface area contributed by atoms with Crippen LogP contribution in [0.15, 0.2) is 60.7 Å². The summed E-state index contributed by atoms with van der Waals surface area (Å²) in [5.41, 5.74) is 2.08. The molecule has 5 heteroatoms. The minimum absolute atomic E-state index is 0.291. The number of unbranched alkanes of at least 4 members (excludes halogenated alkanes) is 6. The number of ether oxygens (including phenoxy) is 1. The van der Waals surface area contributed by atoms with Crippen molar-refractivity contribution < 1.29 is 13.9 Å². The second-order valence-corrected chi connectivity index (χ2v) is 7.47. The predicted octanol–water partition coefficient (Wildman–Crippen LogP) is 6.72. The van der Waals surface area contributed by atoms with Crippen molar-refractivity contribution in [1.29, 1.82) is 0 Å². The topological polar surface area (TPSA) is 44.1 Å². The third kappa shape index (κ3) is 6.28. The molecule has 158 valence electrons. The Hall–Kier alpha value is -2.95. The van der Waals surface area contributed by atoms with Crippen molar-refractivity contribution in [2.75, 3.05) is 0 Å². The summed E-state index contributed by atoms with van der Waals surface area (Å²) in [6.45, 7) is 2.20. The number of hydrogen-bond donors (Lipinski definition) is 0. The van der Waals surface area contributed by atoms with E-state index in [-0.39, 0.29) is 11.8 Å². The molecule has 0 aliphatic heterocycles. The Labute approximate surface area is 177 Å². The molecule has 0 fully saturated rings. The van der Waals surface area contributed by atoms with Crippen LogP contribution < -0.4 is 4.74 Å². The molecule has 3 aromatic rings. The Morgan fingerprint density at radius 3 is 2.40 bits per heavy atom. The monoisotopic (exact) mass is 408 g/mol. The first kappa shape index (κ1) is 21.8. The minimum Gasteiger partial charge on any atom is -0.407 e. The number of nitrogens with zero attached hydrogens (tertiary/aromatic N) is 2. The second kappa shape index (κ2) is 11.3. The van der Waals surface area contributed by atoms with Gasteiger partial charge in [0.2, 0.25) is 5.88 Å². The highest BCUT2D eigenvalue weighted by Gasteiger charge is 2.16. The molecule has 0 unspecified atom stereocenters. The van der Waals surface area contributed by atoms with Gasteiger partial charge in [0.25, 0.3) is 0 Å². The van der Waals surface area contributed by atoms with Gasteiger partial charge in [-0.2, -0.15) is 9.78 Å². The van der Waals surface area contributed by atoms with E-state index in [0.717, 1.165) is 24.8 Å². The predicted molar refractivity (Wildman–Crippen MR) is 117 cm³/mol. The second-order valence-electron chi connectivity index (χ2n) is 7.47. The quantitative estimate of drug-likeness (QED) is 0.261. The van der Waals surface area contributed by atoms with Crippen molar-refractivity contribution in [3.63, 3.8) is 0 Å². The zero-order chi connectivity index (χ0) is 21.2. The van der Waals surface area contributed by atoms with Crippen LogP contribution in [-0.4, -0.2) is 15.7 Å². The van der Waals surface area contributed by atoms with Gasteiger partial charge in [0.15, 0.2) is 0 Å². The van der Waals surface area contributed by atoms with Gasteiger partial charge in [-0.25, -0.2) is 4.39 Å². The van der Waals surface area contributed by atoms with E-state index < -0.39 is 0 Å². The van der Waals surface area contributed by atoms with Crippen LogP contribution in [0.1, 0.15) is 58.3 Å². The molecular formula is C25H29FN2O2. The maximum Gasteiger partial charge on any atom is 0.312 e. The molecule has 0 saturated heterocycles. The lowest BCUT2D eigenvalue weighted by molar-refractivity contribution is -0.134. The first-order chi connectivity index (χ1) is 14.7. The third-order valence-corrected chi connectivity index (χ3v) is 5.00. The number of esters is 1. The fraction of sp³-hybridized carbons (Fsp3) is 0.360. The molecule has 0 N–H and O–H groups in total. The Kier molecular flexibility index (Phi) is 8.19.